The fraction of sp³-hybridized carbons (Fsp3) is 0.818. The van der Waals surface area contributed by atoms with E-state index in [0.29, 0.717) is 11.2 Å². The van der Waals surface area contributed by atoms with Crippen LogP contribution in [0.4, 0.5) is 0 Å². The van der Waals surface area contributed by atoms with Crippen LogP contribution in [0.5, 0.6) is 0 Å². The molecule has 3 nitrogen and oxygen atoms in total. The van der Waals surface area contributed by atoms with E-state index < -0.39 is 0 Å². The summed E-state index contributed by atoms with van der Waals surface area (Å²) in [5.74, 6) is 1.33. The van der Waals surface area contributed by atoms with Crippen LogP contribution >= 0.6 is 24.4 Å². The molecule has 1 saturated heterocycles. The first-order valence-corrected chi connectivity index (χ1v) is 7.47. The number of carbonyl (C=O) groups excluding carboxylic acids is 1. The second kappa shape index (κ2) is 4.26. The van der Waals surface area contributed by atoms with Crippen molar-refractivity contribution in [2.75, 3.05) is 12.3 Å². The zero-order valence-corrected chi connectivity index (χ0v) is 10.8. The average Bonchev–Trinajstić information content (AvgIpc) is 2.73. The summed E-state index contributed by atoms with van der Waals surface area (Å²) in [6.07, 6.45) is 4.55. The molecular formula is C11H16N2OS2. The summed E-state index contributed by atoms with van der Waals surface area (Å²) in [6.45, 7) is 0.815. The quantitative estimate of drug-likeness (QED) is 0.726. The largest absolute Gasteiger partial charge is 0.290 e. The fourth-order valence-electron chi connectivity index (χ4n) is 2.81. The van der Waals surface area contributed by atoms with Crippen LogP contribution in [0, 0.1) is 5.92 Å². The van der Waals surface area contributed by atoms with Gasteiger partial charge >= 0.3 is 0 Å². The Balaban J connectivity index is 1.86. The summed E-state index contributed by atoms with van der Waals surface area (Å²) < 4.78 is 0. The molecular weight excluding hydrogens is 240 g/mol. The molecule has 3 unspecified atom stereocenters. The molecule has 1 amide bonds. The lowest BCUT2D eigenvalue weighted by Crippen LogP contribution is -2.47. The minimum atomic E-state index is 0.178. The third-order valence-corrected chi connectivity index (χ3v) is 5.56. The molecule has 3 atom stereocenters. The Labute approximate surface area is 105 Å². The number of rotatable bonds is 1. The number of fused-ring (bicyclic) bond motifs is 2. The molecule has 2 heterocycles. The Morgan fingerprint density at radius 1 is 1.44 bits per heavy atom. The van der Waals surface area contributed by atoms with Crippen molar-refractivity contribution >= 4 is 35.5 Å². The van der Waals surface area contributed by atoms with Gasteiger partial charge < -0.3 is 0 Å². The zero-order valence-electron chi connectivity index (χ0n) is 9.13. The lowest BCUT2D eigenvalue weighted by Gasteiger charge is -2.35. The van der Waals surface area contributed by atoms with E-state index in [0.717, 1.165) is 30.3 Å². The van der Waals surface area contributed by atoms with E-state index in [1.807, 2.05) is 4.90 Å². The van der Waals surface area contributed by atoms with Gasteiger partial charge in [0.15, 0.2) is 5.17 Å². The molecule has 2 aliphatic heterocycles. The molecule has 0 aromatic heterocycles. The van der Waals surface area contributed by atoms with Crippen LogP contribution in [0.25, 0.3) is 0 Å². The number of carbonyl (C=O) groups is 1. The number of amidine groups is 1. The smallest absolute Gasteiger partial charge is 0.233 e. The zero-order chi connectivity index (χ0) is 11.1. The summed E-state index contributed by atoms with van der Waals surface area (Å²) in [5, 5.41) is 1.40. The van der Waals surface area contributed by atoms with Gasteiger partial charge in [-0.2, -0.15) is 12.6 Å². The summed E-state index contributed by atoms with van der Waals surface area (Å²) in [5.41, 5.74) is 0. The van der Waals surface area contributed by atoms with Crippen molar-refractivity contribution in [3.63, 3.8) is 0 Å². The second-order valence-electron chi connectivity index (χ2n) is 4.74. The predicted molar refractivity (Wildman–Crippen MR) is 70.1 cm³/mol. The molecule has 0 aromatic carbocycles. The van der Waals surface area contributed by atoms with Crippen molar-refractivity contribution in [2.45, 2.75) is 37.0 Å². The maximum absolute atomic E-state index is 12.3. The summed E-state index contributed by atoms with van der Waals surface area (Å²) in [6, 6.07) is 0.277. The number of hydrogen-bond donors (Lipinski definition) is 1. The van der Waals surface area contributed by atoms with Crippen molar-refractivity contribution in [1.82, 2.24) is 4.90 Å². The number of hydrogen-bond acceptors (Lipinski definition) is 4. The Hall–Kier alpha value is -0.160. The first-order valence-electron chi connectivity index (χ1n) is 5.96. The fourth-order valence-corrected chi connectivity index (χ4v) is 4.23. The maximum atomic E-state index is 12.3. The van der Waals surface area contributed by atoms with Crippen LogP contribution in [0.3, 0.4) is 0 Å². The van der Waals surface area contributed by atoms with Gasteiger partial charge in [-0.05, 0) is 12.8 Å². The number of nitrogens with zero attached hydrogens (tertiary/aromatic N) is 2. The third-order valence-electron chi connectivity index (χ3n) is 3.68. The van der Waals surface area contributed by atoms with Gasteiger partial charge in [-0.15, -0.1) is 0 Å². The normalized spacial score (nSPS) is 38.1. The molecule has 0 radical (unpaired) electrons. The lowest BCUT2D eigenvalue weighted by atomic mass is 9.83. The standard InChI is InChI=1S/C11H16N2OS2/c14-10-8-3-1-2-4-9(8)12-11-13(10)5-7(6-15)16-11/h7-9,15H,1-6H2. The van der Waals surface area contributed by atoms with Gasteiger partial charge in [0.05, 0.1) is 12.0 Å². The molecule has 16 heavy (non-hydrogen) atoms. The molecule has 1 aliphatic carbocycles. The van der Waals surface area contributed by atoms with E-state index in [4.69, 9.17) is 4.99 Å². The van der Waals surface area contributed by atoms with Crippen LogP contribution in [0.2, 0.25) is 0 Å². The molecule has 5 heteroatoms. The molecule has 3 rings (SSSR count). The Kier molecular flexibility index (Phi) is 2.92. The van der Waals surface area contributed by atoms with Gasteiger partial charge in [0.2, 0.25) is 5.91 Å². The highest BCUT2D eigenvalue weighted by Crippen LogP contribution is 2.38. The molecule has 0 bridgehead atoms. The van der Waals surface area contributed by atoms with Gasteiger partial charge in [-0.1, -0.05) is 24.6 Å². The van der Waals surface area contributed by atoms with Crippen LogP contribution in [-0.4, -0.2) is 39.6 Å². The Morgan fingerprint density at radius 3 is 3.06 bits per heavy atom. The number of aliphatic imine (C=N–C) groups is 1. The molecule has 3 aliphatic rings. The first kappa shape index (κ1) is 11.0. The van der Waals surface area contributed by atoms with Gasteiger partial charge in [-0.3, -0.25) is 14.7 Å². The SMILES string of the molecule is O=C1C2CCCCC2N=C2SC(CS)CN12. The van der Waals surface area contributed by atoms with Crippen molar-refractivity contribution in [3.05, 3.63) is 0 Å². The van der Waals surface area contributed by atoms with Gasteiger partial charge in [0.25, 0.3) is 0 Å². The topological polar surface area (TPSA) is 32.7 Å². The van der Waals surface area contributed by atoms with Crippen LogP contribution in [0.15, 0.2) is 4.99 Å². The third kappa shape index (κ3) is 1.68. The van der Waals surface area contributed by atoms with E-state index >= 15 is 0 Å². The average molecular weight is 256 g/mol. The van der Waals surface area contributed by atoms with Crippen LogP contribution in [0.1, 0.15) is 25.7 Å². The highest BCUT2D eigenvalue weighted by Gasteiger charge is 2.43. The minimum Gasteiger partial charge on any atom is -0.290 e. The predicted octanol–water partition coefficient (Wildman–Crippen LogP) is 1.79. The number of thioether (sulfide) groups is 1. The molecule has 0 aromatic rings. The maximum Gasteiger partial charge on any atom is 0.233 e. The monoisotopic (exact) mass is 256 g/mol. The lowest BCUT2D eigenvalue weighted by molar-refractivity contribution is -0.133. The molecule has 0 N–H and O–H groups in total. The van der Waals surface area contributed by atoms with E-state index in [-0.39, 0.29) is 12.0 Å². The Morgan fingerprint density at radius 2 is 2.25 bits per heavy atom. The number of thiol groups is 1. The van der Waals surface area contributed by atoms with E-state index in [1.165, 1.54) is 12.8 Å². The first-order chi connectivity index (χ1) is 7.79. The second-order valence-corrected chi connectivity index (χ2v) is 6.37. The van der Waals surface area contributed by atoms with Crippen LogP contribution < -0.4 is 0 Å². The van der Waals surface area contributed by atoms with Crippen molar-refractivity contribution in [2.24, 2.45) is 10.9 Å². The summed E-state index contributed by atoms with van der Waals surface area (Å²) in [7, 11) is 0. The van der Waals surface area contributed by atoms with E-state index in [2.05, 4.69) is 12.6 Å². The van der Waals surface area contributed by atoms with Crippen LogP contribution in [-0.2, 0) is 4.79 Å². The van der Waals surface area contributed by atoms with Gasteiger partial charge in [-0.25, -0.2) is 0 Å². The summed E-state index contributed by atoms with van der Waals surface area (Å²) in [4.78, 5) is 19.0. The van der Waals surface area contributed by atoms with Crippen molar-refractivity contribution < 1.29 is 4.79 Å². The van der Waals surface area contributed by atoms with E-state index in [9.17, 15) is 4.79 Å². The summed E-state index contributed by atoms with van der Waals surface area (Å²) >= 11 is 6.05. The molecule has 1 saturated carbocycles. The van der Waals surface area contributed by atoms with E-state index in [1.54, 1.807) is 11.8 Å². The molecule has 2 fully saturated rings. The minimum absolute atomic E-state index is 0.178. The highest BCUT2D eigenvalue weighted by atomic mass is 32.2. The molecule has 0 spiro atoms. The van der Waals surface area contributed by atoms with Gasteiger partial charge in [0, 0.05) is 17.5 Å². The molecule has 88 valence electrons. The number of amides is 1. The van der Waals surface area contributed by atoms with Gasteiger partial charge in [0.1, 0.15) is 0 Å². The van der Waals surface area contributed by atoms with Crippen molar-refractivity contribution in [1.29, 1.82) is 0 Å². The highest BCUT2D eigenvalue weighted by molar-refractivity contribution is 8.15. The Bertz CT molecular complexity index is 345. The van der Waals surface area contributed by atoms with Crippen molar-refractivity contribution in [3.8, 4) is 0 Å².